The Balaban J connectivity index is 1.97. The second-order valence-corrected chi connectivity index (χ2v) is 8.36. The number of aryl methyl sites for hydroxylation is 2. The van der Waals surface area contributed by atoms with Crippen molar-refractivity contribution in [2.24, 2.45) is 0 Å². The number of pyridine rings is 1. The number of carbonyl (C=O) groups is 1. The summed E-state index contributed by atoms with van der Waals surface area (Å²) in [5.41, 5.74) is 2.85. The van der Waals surface area contributed by atoms with Gasteiger partial charge in [0.25, 0.3) is 0 Å². The van der Waals surface area contributed by atoms with Crippen LogP contribution in [0.15, 0.2) is 47.6 Å². The number of aromatic nitrogens is 1. The Bertz CT molecular complexity index is 852. The highest BCUT2D eigenvalue weighted by molar-refractivity contribution is 7.91. The van der Waals surface area contributed by atoms with Gasteiger partial charge in [-0.05, 0) is 55.2 Å². The van der Waals surface area contributed by atoms with E-state index in [1.165, 1.54) is 0 Å². The third-order valence-electron chi connectivity index (χ3n) is 4.26. The summed E-state index contributed by atoms with van der Waals surface area (Å²) in [6.07, 6.45) is 3.85. The molecule has 0 aliphatic heterocycles. The second-order valence-electron chi connectivity index (χ2n) is 6.32. The van der Waals surface area contributed by atoms with Gasteiger partial charge in [-0.3, -0.25) is 4.98 Å². The van der Waals surface area contributed by atoms with Crippen molar-refractivity contribution in [3.8, 4) is 0 Å². The third kappa shape index (κ3) is 5.56. The minimum atomic E-state index is -3.48. The summed E-state index contributed by atoms with van der Waals surface area (Å²) in [6.45, 7) is 6.01. The summed E-state index contributed by atoms with van der Waals surface area (Å²) in [5.74, 6) is -0.133. The Morgan fingerprint density at radius 2 is 1.96 bits per heavy atom. The molecule has 2 aromatic rings. The maximum absolute atomic E-state index is 12.6. The predicted molar refractivity (Wildman–Crippen MR) is 102 cm³/mol. The van der Waals surface area contributed by atoms with Crippen LogP contribution in [0.5, 0.6) is 0 Å². The van der Waals surface area contributed by atoms with Crippen LogP contribution in [0.3, 0.4) is 0 Å². The maximum Gasteiger partial charge on any atom is 0.315 e. The molecule has 1 heterocycles. The monoisotopic (exact) mass is 375 g/mol. The van der Waals surface area contributed by atoms with Crippen LogP contribution >= 0.6 is 0 Å². The molecule has 0 radical (unpaired) electrons. The number of nitrogens with one attached hydrogen (secondary N) is 2. The summed E-state index contributed by atoms with van der Waals surface area (Å²) < 4.78 is 25.3. The quantitative estimate of drug-likeness (QED) is 0.779. The molecule has 1 aromatic carbocycles. The highest BCUT2D eigenvalue weighted by Crippen LogP contribution is 2.17. The van der Waals surface area contributed by atoms with Crippen LogP contribution < -0.4 is 10.6 Å². The zero-order chi connectivity index (χ0) is 19.2. The minimum Gasteiger partial charge on any atom is -0.334 e. The Labute approximate surface area is 155 Å². The van der Waals surface area contributed by atoms with Crippen molar-refractivity contribution in [2.75, 3.05) is 5.75 Å². The fourth-order valence-corrected chi connectivity index (χ4v) is 4.12. The highest BCUT2D eigenvalue weighted by atomic mass is 32.2. The summed E-state index contributed by atoms with van der Waals surface area (Å²) in [7, 11) is -3.48. The zero-order valence-electron chi connectivity index (χ0n) is 15.3. The summed E-state index contributed by atoms with van der Waals surface area (Å²) in [6, 6.07) is 7.89. The number of carbonyl (C=O) groups excluding carboxylic acids is 1. The third-order valence-corrected chi connectivity index (χ3v) is 6.08. The molecule has 1 unspecified atom stereocenters. The number of rotatable bonds is 7. The molecule has 0 bridgehead atoms. The van der Waals surface area contributed by atoms with Gasteiger partial charge in [-0.1, -0.05) is 19.1 Å². The lowest BCUT2D eigenvalue weighted by molar-refractivity contribution is 0.237. The van der Waals surface area contributed by atoms with Crippen LogP contribution in [0.2, 0.25) is 0 Å². The lowest BCUT2D eigenvalue weighted by Crippen LogP contribution is -2.44. The molecule has 1 atom stereocenters. The largest absolute Gasteiger partial charge is 0.334 e. The Morgan fingerprint density at radius 1 is 1.19 bits per heavy atom. The molecular formula is C19H25N3O3S. The van der Waals surface area contributed by atoms with E-state index >= 15 is 0 Å². The number of urea groups is 1. The van der Waals surface area contributed by atoms with Gasteiger partial charge in [-0.2, -0.15) is 0 Å². The van der Waals surface area contributed by atoms with E-state index in [1.807, 2.05) is 26.8 Å². The highest BCUT2D eigenvalue weighted by Gasteiger charge is 2.22. The van der Waals surface area contributed by atoms with E-state index in [9.17, 15) is 13.2 Å². The van der Waals surface area contributed by atoms with E-state index in [-0.39, 0.29) is 10.6 Å². The Hall–Kier alpha value is -2.41. The molecule has 140 valence electrons. The average molecular weight is 375 g/mol. The molecular weight excluding hydrogens is 350 g/mol. The molecule has 0 saturated heterocycles. The molecule has 1 aromatic heterocycles. The van der Waals surface area contributed by atoms with Crippen LogP contribution in [0.4, 0.5) is 4.79 Å². The van der Waals surface area contributed by atoms with Gasteiger partial charge in [0.15, 0.2) is 9.84 Å². The van der Waals surface area contributed by atoms with Gasteiger partial charge in [0.2, 0.25) is 0 Å². The molecule has 0 saturated carbocycles. The topological polar surface area (TPSA) is 88.2 Å². The first-order valence-electron chi connectivity index (χ1n) is 8.55. The van der Waals surface area contributed by atoms with Gasteiger partial charge in [-0.15, -0.1) is 0 Å². The van der Waals surface area contributed by atoms with Crippen LogP contribution in [0.25, 0.3) is 0 Å². The molecule has 2 amide bonds. The maximum atomic E-state index is 12.6. The zero-order valence-corrected chi connectivity index (χ0v) is 16.1. The summed E-state index contributed by atoms with van der Waals surface area (Å²) >= 11 is 0. The van der Waals surface area contributed by atoms with E-state index < -0.39 is 21.9 Å². The number of amides is 2. The van der Waals surface area contributed by atoms with Crippen LogP contribution in [0, 0.1) is 13.8 Å². The molecule has 2 rings (SSSR count). The normalized spacial score (nSPS) is 12.4. The number of benzene rings is 1. The van der Waals surface area contributed by atoms with Crippen molar-refractivity contribution in [2.45, 2.75) is 44.7 Å². The van der Waals surface area contributed by atoms with E-state index in [0.717, 1.165) is 16.7 Å². The lowest BCUT2D eigenvalue weighted by atomic mass is 10.1. The van der Waals surface area contributed by atoms with Gasteiger partial charge in [0.05, 0.1) is 10.6 Å². The molecule has 0 aliphatic carbocycles. The van der Waals surface area contributed by atoms with E-state index in [2.05, 4.69) is 15.6 Å². The average Bonchev–Trinajstić information content (AvgIpc) is 2.62. The van der Waals surface area contributed by atoms with Crippen molar-refractivity contribution in [3.05, 3.63) is 59.4 Å². The first-order valence-corrected chi connectivity index (χ1v) is 10.2. The Kier molecular flexibility index (Phi) is 6.74. The second kappa shape index (κ2) is 8.80. The number of sulfone groups is 1. The lowest BCUT2D eigenvalue weighted by Gasteiger charge is -2.18. The van der Waals surface area contributed by atoms with Crippen LogP contribution in [-0.4, -0.2) is 31.2 Å². The van der Waals surface area contributed by atoms with Gasteiger partial charge in [0, 0.05) is 25.0 Å². The minimum absolute atomic E-state index is 0.133. The first-order chi connectivity index (χ1) is 12.3. The van der Waals surface area contributed by atoms with Crippen molar-refractivity contribution in [1.29, 1.82) is 0 Å². The molecule has 0 aliphatic rings. The van der Waals surface area contributed by atoms with Gasteiger partial charge in [-0.25, -0.2) is 13.2 Å². The van der Waals surface area contributed by atoms with Gasteiger partial charge in [0.1, 0.15) is 0 Å². The molecule has 6 nitrogen and oxygen atoms in total. The van der Waals surface area contributed by atoms with Crippen molar-refractivity contribution < 1.29 is 13.2 Å². The fraction of sp³-hybridized carbons (Fsp3) is 0.368. The standard InChI is InChI=1S/C19H25N3O3S/c1-4-17(22-19(23)21-12-16-6-5-9-20-11-16)13-26(24,25)18-8-7-14(2)15(3)10-18/h5-11,17H,4,12-13H2,1-3H3,(H2,21,22,23). The molecule has 7 heteroatoms. The summed E-state index contributed by atoms with van der Waals surface area (Å²) in [5, 5.41) is 5.46. The SMILES string of the molecule is CCC(CS(=O)(=O)c1ccc(C)c(C)c1)NC(=O)NCc1cccnc1. The van der Waals surface area contributed by atoms with E-state index in [0.29, 0.717) is 13.0 Å². The number of hydrogen-bond donors (Lipinski definition) is 2. The van der Waals surface area contributed by atoms with E-state index in [4.69, 9.17) is 0 Å². The predicted octanol–water partition coefficient (Wildman–Crippen LogP) is 2.75. The van der Waals surface area contributed by atoms with Crippen LogP contribution in [-0.2, 0) is 16.4 Å². The smallest absolute Gasteiger partial charge is 0.315 e. The molecule has 26 heavy (non-hydrogen) atoms. The van der Waals surface area contributed by atoms with Gasteiger partial charge < -0.3 is 10.6 Å². The Morgan fingerprint density at radius 3 is 2.58 bits per heavy atom. The fourth-order valence-electron chi connectivity index (χ4n) is 2.45. The molecule has 0 fully saturated rings. The van der Waals surface area contributed by atoms with Crippen molar-refractivity contribution >= 4 is 15.9 Å². The van der Waals surface area contributed by atoms with Crippen molar-refractivity contribution in [3.63, 3.8) is 0 Å². The summed E-state index contributed by atoms with van der Waals surface area (Å²) in [4.78, 5) is 16.3. The van der Waals surface area contributed by atoms with Gasteiger partial charge >= 0.3 is 6.03 Å². The first kappa shape index (κ1) is 19.9. The van der Waals surface area contributed by atoms with E-state index in [1.54, 1.807) is 36.7 Å². The number of hydrogen-bond acceptors (Lipinski definition) is 4. The molecule has 0 spiro atoms. The molecule has 2 N–H and O–H groups in total. The van der Waals surface area contributed by atoms with Crippen LogP contribution in [0.1, 0.15) is 30.0 Å². The van der Waals surface area contributed by atoms with Crippen molar-refractivity contribution in [1.82, 2.24) is 15.6 Å². The number of nitrogens with zero attached hydrogens (tertiary/aromatic N) is 1.